The van der Waals surface area contributed by atoms with Gasteiger partial charge in [0.05, 0.1) is 6.04 Å². The third kappa shape index (κ3) is 3.97. The van der Waals surface area contributed by atoms with Gasteiger partial charge in [0.1, 0.15) is 0 Å². The van der Waals surface area contributed by atoms with Crippen molar-refractivity contribution in [2.45, 2.75) is 24.9 Å². The molecule has 1 fully saturated rings. The lowest BCUT2D eigenvalue weighted by Gasteiger charge is -2.23. The van der Waals surface area contributed by atoms with E-state index in [2.05, 4.69) is 5.32 Å². The molecule has 0 bridgehead atoms. The van der Waals surface area contributed by atoms with E-state index in [4.69, 9.17) is 11.5 Å². The Balaban J connectivity index is 2.13. The van der Waals surface area contributed by atoms with E-state index in [0.717, 1.165) is 12.8 Å². The van der Waals surface area contributed by atoms with Crippen molar-refractivity contribution in [1.82, 2.24) is 5.32 Å². The highest BCUT2D eigenvalue weighted by Gasteiger charge is 2.15. The molecule has 1 unspecified atom stereocenters. The maximum Gasteiger partial charge on any atom is 0.235 e. The normalized spacial score (nSPS) is 21.3. The molecule has 1 heterocycles. The van der Waals surface area contributed by atoms with E-state index in [9.17, 15) is 4.79 Å². The molecule has 1 rings (SSSR count). The number of carbonyl (C=O) groups is 1. The average Bonchev–Trinajstić information content (AvgIpc) is 2.15. The first kappa shape index (κ1) is 10.8. The molecule has 0 spiro atoms. The maximum atomic E-state index is 10.6. The van der Waals surface area contributed by atoms with Gasteiger partial charge in [0, 0.05) is 12.6 Å². The molecule has 0 aromatic heterocycles. The summed E-state index contributed by atoms with van der Waals surface area (Å²) in [6.07, 6.45) is 2.33. The predicted octanol–water partition coefficient (Wildman–Crippen LogP) is -0.716. The Hall–Kier alpha value is -0.260. The number of hydrogen-bond donors (Lipinski definition) is 3. The van der Waals surface area contributed by atoms with Gasteiger partial charge < -0.3 is 16.8 Å². The van der Waals surface area contributed by atoms with E-state index >= 15 is 0 Å². The second-order valence-corrected chi connectivity index (χ2v) is 4.53. The van der Waals surface area contributed by atoms with Crippen LogP contribution in [-0.4, -0.2) is 36.0 Å². The molecular weight excluding hydrogens is 186 g/mol. The molecule has 1 amide bonds. The monoisotopic (exact) mass is 203 g/mol. The molecule has 0 aromatic rings. The van der Waals surface area contributed by atoms with Gasteiger partial charge in [0.15, 0.2) is 0 Å². The number of hydrogen-bond acceptors (Lipinski definition) is 4. The van der Waals surface area contributed by atoms with Crippen LogP contribution in [0.15, 0.2) is 0 Å². The topological polar surface area (TPSA) is 81.1 Å². The minimum absolute atomic E-state index is 0.433. The molecule has 0 radical (unpaired) electrons. The van der Waals surface area contributed by atoms with Crippen LogP contribution in [-0.2, 0) is 4.79 Å². The molecule has 0 saturated carbocycles. The summed E-state index contributed by atoms with van der Waals surface area (Å²) in [5.74, 6) is 1.96. The van der Waals surface area contributed by atoms with Crippen LogP contribution in [0, 0.1) is 0 Å². The summed E-state index contributed by atoms with van der Waals surface area (Å²) < 4.78 is 0. The van der Waals surface area contributed by atoms with Crippen molar-refractivity contribution in [3.05, 3.63) is 0 Å². The number of nitrogens with one attached hydrogen (secondary N) is 1. The van der Waals surface area contributed by atoms with E-state index in [0.29, 0.717) is 12.6 Å². The van der Waals surface area contributed by atoms with Crippen molar-refractivity contribution in [3.8, 4) is 0 Å². The first-order chi connectivity index (χ1) is 6.20. The zero-order valence-electron chi connectivity index (χ0n) is 7.66. The summed E-state index contributed by atoms with van der Waals surface area (Å²) in [5, 5.41) is 3.26. The smallest absolute Gasteiger partial charge is 0.235 e. The summed E-state index contributed by atoms with van der Waals surface area (Å²) in [5.41, 5.74) is 10.5. The highest BCUT2D eigenvalue weighted by atomic mass is 32.2. The van der Waals surface area contributed by atoms with Gasteiger partial charge in [-0.15, -0.1) is 0 Å². The fraction of sp³-hybridized carbons (Fsp3) is 0.875. The second kappa shape index (κ2) is 5.47. The Bertz CT molecular complexity index is 171. The summed E-state index contributed by atoms with van der Waals surface area (Å²) in [6, 6.07) is -0.0266. The number of rotatable bonds is 4. The molecule has 4 nitrogen and oxygen atoms in total. The molecule has 1 aliphatic rings. The SMILES string of the molecule is NC(=O)C(N)CNC1CCSCC1. The lowest BCUT2D eigenvalue weighted by Crippen LogP contribution is -2.47. The zero-order chi connectivity index (χ0) is 9.68. The zero-order valence-corrected chi connectivity index (χ0v) is 8.48. The summed E-state index contributed by atoms with van der Waals surface area (Å²) in [7, 11) is 0. The van der Waals surface area contributed by atoms with Gasteiger partial charge in [-0.2, -0.15) is 11.8 Å². The number of carbonyl (C=O) groups excluding carboxylic acids is 1. The number of primary amides is 1. The summed E-state index contributed by atoms with van der Waals surface area (Å²) in [6.45, 7) is 0.505. The number of amides is 1. The van der Waals surface area contributed by atoms with Gasteiger partial charge in [-0.05, 0) is 24.3 Å². The Morgan fingerprint density at radius 2 is 2.15 bits per heavy atom. The molecule has 0 aliphatic carbocycles. The first-order valence-corrected chi connectivity index (χ1v) is 5.71. The van der Waals surface area contributed by atoms with Crippen molar-refractivity contribution in [1.29, 1.82) is 0 Å². The molecule has 1 atom stereocenters. The molecule has 13 heavy (non-hydrogen) atoms. The van der Waals surface area contributed by atoms with Gasteiger partial charge in [-0.3, -0.25) is 4.79 Å². The van der Waals surface area contributed by atoms with Crippen LogP contribution in [0.25, 0.3) is 0 Å². The van der Waals surface area contributed by atoms with Crippen molar-refractivity contribution in [2.75, 3.05) is 18.1 Å². The molecule has 76 valence electrons. The van der Waals surface area contributed by atoms with Gasteiger partial charge in [-0.25, -0.2) is 0 Å². The predicted molar refractivity (Wildman–Crippen MR) is 55.5 cm³/mol. The van der Waals surface area contributed by atoms with Crippen LogP contribution in [0.1, 0.15) is 12.8 Å². The number of thioether (sulfide) groups is 1. The first-order valence-electron chi connectivity index (χ1n) is 4.56. The fourth-order valence-corrected chi connectivity index (χ4v) is 2.40. The van der Waals surface area contributed by atoms with Gasteiger partial charge in [0.25, 0.3) is 0 Å². The molecule has 0 aromatic carbocycles. The van der Waals surface area contributed by atoms with Crippen LogP contribution < -0.4 is 16.8 Å². The van der Waals surface area contributed by atoms with Crippen LogP contribution >= 0.6 is 11.8 Å². The third-order valence-corrected chi connectivity index (χ3v) is 3.26. The molecule has 1 aliphatic heterocycles. The highest BCUT2D eigenvalue weighted by molar-refractivity contribution is 7.99. The lowest BCUT2D eigenvalue weighted by molar-refractivity contribution is -0.119. The van der Waals surface area contributed by atoms with Crippen LogP contribution in [0.5, 0.6) is 0 Å². The van der Waals surface area contributed by atoms with Crippen LogP contribution in [0.3, 0.4) is 0 Å². The summed E-state index contributed by atoms with van der Waals surface area (Å²) >= 11 is 1.98. The standard InChI is InChI=1S/C8H17N3OS/c9-7(8(10)12)5-11-6-1-3-13-4-2-6/h6-7,11H,1-5,9H2,(H2,10,12). The Labute approximate surface area is 82.8 Å². The van der Waals surface area contributed by atoms with Gasteiger partial charge in [-0.1, -0.05) is 0 Å². The van der Waals surface area contributed by atoms with Gasteiger partial charge in [0.2, 0.25) is 5.91 Å². The largest absolute Gasteiger partial charge is 0.368 e. The quantitative estimate of drug-likeness (QED) is 0.563. The van der Waals surface area contributed by atoms with E-state index < -0.39 is 11.9 Å². The van der Waals surface area contributed by atoms with Crippen molar-refractivity contribution >= 4 is 17.7 Å². The Morgan fingerprint density at radius 3 is 2.69 bits per heavy atom. The molecule has 1 saturated heterocycles. The molecular formula is C8H17N3OS. The van der Waals surface area contributed by atoms with E-state index in [1.54, 1.807) is 0 Å². The third-order valence-electron chi connectivity index (χ3n) is 2.21. The minimum Gasteiger partial charge on any atom is -0.368 e. The van der Waals surface area contributed by atoms with Crippen LogP contribution in [0.2, 0.25) is 0 Å². The molecule has 5 N–H and O–H groups in total. The van der Waals surface area contributed by atoms with E-state index in [-0.39, 0.29) is 0 Å². The second-order valence-electron chi connectivity index (χ2n) is 3.30. The molecule has 5 heteroatoms. The fourth-order valence-electron chi connectivity index (χ4n) is 1.30. The van der Waals surface area contributed by atoms with E-state index in [1.807, 2.05) is 11.8 Å². The number of nitrogens with two attached hydrogens (primary N) is 2. The Kier molecular flexibility index (Phi) is 4.55. The van der Waals surface area contributed by atoms with E-state index in [1.165, 1.54) is 11.5 Å². The highest BCUT2D eigenvalue weighted by Crippen LogP contribution is 2.16. The van der Waals surface area contributed by atoms with Crippen molar-refractivity contribution in [3.63, 3.8) is 0 Å². The maximum absolute atomic E-state index is 10.6. The Morgan fingerprint density at radius 1 is 1.54 bits per heavy atom. The minimum atomic E-state index is -0.547. The van der Waals surface area contributed by atoms with Crippen LogP contribution in [0.4, 0.5) is 0 Å². The summed E-state index contributed by atoms with van der Waals surface area (Å²) in [4.78, 5) is 10.6. The average molecular weight is 203 g/mol. The van der Waals surface area contributed by atoms with Crippen molar-refractivity contribution in [2.24, 2.45) is 11.5 Å². The lowest BCUT2D eigenvalue weighted by atomic mass is 10.1. The van der Waals surface area contributed by atoms with Gasteiger partial charge >= 0.3 is 0 Å². The van der Waals surface area contributed by atoms with Crippen molar-refractivity contribution < 1.29 is 4.79 Å².